The topological polar surface area (TPSA) is 195 Å². The van der Waals surface area contributed by atoms with Crippen molar-refractivity contribution in [2.75, 3.05) is 16.8 Å². The van der Waals surface area contributed by atoms with Gasteiger partial charge in [0.05, 0.1) is 34.9 Å². The van der Waals surface area contributed by atoms with Crippen molar-refractivity contribution in [2.45, 2.75) is 135 Å². The number of rotatable bonds is 16. The van der Waals surface area contributed by atoms with E-state index in [4.69, 9.17) is 9.16 Å². The van der Waals surface area contributed by atoms with Gasteiger partial charge >= 0.3 is 12.2 Å². The molecular weight excluding hydrogens is 853 g/mol. The van der Waals surface area contributed by atoms with E-state index in [1.807, 2.05) is 87.5 Å². The number of carbonyl (C=O) groups is 3. The minimum Gasteiger partial charge on any atom is -0.506 e. The molecule has 1 aliphatic rings. The Morgan fingerprint density at radius 1 is 0.924 bits per heavy atom. The average Bonchev–Trinajstić information content (AvgIpc) is 3.24. The SMILES string of the molecule is CC(C)(C)OC(=O)NC1CCC(N(C(=O)O)c2cc(CCCC(=O)Nc3ccc(CNC[C@@H](O[Si](C)(C)C(C)(C)C)c4ccc(O)c5[nH]c(=O)ccc45)nc3)ccc2-c2ccccc2)CC1. The second-order valence-electron chi connectivity index (χ2n) is 19.7. The summed E-state index contributed by atoms with van der Waals surface area (Å²) in [6.45, 7) is 17.3. The molecule has 1 fully saturated rings. The van der Waals surface area contributed by atoms with Gasteiger partial charge in [0.25, 0.3) is 0 Å². The molecule has 0 spiro atoms. The summed E-state index contributed by atoms with van der Waals surface area (Å²) in [4.78, 5) is 59.6. The third kappa shape index (κ3) is 13.1. The lowest BCUT2D eigenvalue weighted by atomic mass is 9.89. The third-order valence-electron chi connectivity index (χ3n) is 12.5. The number of aromatic nitrogens is 2. The Morgan fingerprint density at radius 2 is 1.65 bits per heavy atom. The van der Waals surface area contributed by atoms with Crippen molar-refractivity contribution in [3.8, 4) is 16.9 Å². The van der Waals surface area contributed by atoms with Crippen LogP contribution in [0.5, 0.6) is 5.75 Å². The zero-order chi connectivity index (χ0) is 47.8. The summed E-state index contributed by atoms with van der Waals surface area (Å²) in [5, 5.41) is 31.3. The van der Waals surface area contributed by atoms with Gasteiger partial charge in [0.1, 0.15) is 11.4 Å². The molecule has 5 aromatic rings. The summed E-state index contributed by atoms with van der Waals surface area (Å²) in [7, 11) is -2.25. The predicted octanol–water partition coefficient (Wildman–Crippen LogP) is 10.4. The number of pyridine rings is 2. The molecule has 1 aliphatic carbocycles. The van der Waals surface area contributed by atoms with Gasteiger partial charge in [-0.1, -0.05) is 69.3 Å². The Bertz CT molecular complexity index is 2530. The average molecular weight is 919 g/mol. The molecule has 0 saturated heterocycles. The fraction of sp³-hybridized carbons (Fsp3) is 0.431. The van der Waals surface area contributed by atoms with Crippen LogP contribution in [0.3, 0.4) is 0 Å². The predicted molar refractivity (Wildman–Crippen MR) is 263 cm³/mol. The molecule has 2 heterocycles. The lowest BCUT2D eigenvalue weighted by Gasteiger charge is -2.39. The van der Waals surface area contributed by atoms with Gasteiger partial charge in [-0.2, -0.15) is 0 Å². The van der Waals surface area contributed by atoms with Gasteiger partial charge in [0, 0.05) is 48.6 Å². The van der Waals surface area contributed by atoms with Crippen LogP contribution < -0.4 is 26.4 Å². The second-order valence-corrected chi connectivity index (χ2v) is 24.5. The maximum Gasteiger partial charge on any atom is 0.412 e. The number of aromatic hydroxyl groups is 1. The van der Waals surface area contributed by atoms with Crippen LogP contribution in [0.1, 0.15) is 103 Å². The van der Waals surface area contributed by atoms with E-state index in [1.165, 1.54) is 11.0 Å². The maximum atomic E-state index is 13.1. The number of alkyl carbamates (subject to hydrolysis) is 1. The molecule has 352 valence electrons. The van der Waals surface area contributed by atoms with Crippen molar-refractivity contribution in [2.24, 2.45) is 0 Å². The molecular formula is C51H66N6O8Si. The number of anilines is 2. The van der Waals surface area contributed by atoms with Crippen LogP contribution in [0.2, 0.25) is 18.1 Å². The van der Waals surface area contributed by atoms with Gasteiger partial charge in [0.15, 0.2) is 8.32 Å². The van der Waals surface area contributed by atoms with Crippen LogP contribution in [0.25, 0.3) is 22.0 Å². The first-order valence-electron chi connectivity index (χ1n) is 22.9. The number of fused-ring (bicyclic) bond motifs is 1. The zero-order valence-corrected chi connectivity index (χ0v) is 40.5. The number of carbonyl (C=O) groups excluding carboxylic acids is 2. The summed E-state index contributed by atoms with van der Waals surface area (Å²) < 4.78 is 12.4. The number of phenols is 1. The highest BCUT2D eigenvalue weighted by Gasteiger charge is 2.40. The van der Waals surface area contributed by atoms with Crippen LogP contribution >= 0.6 is 0 Å². The molecule has 0 unspecified atom stereocenters. The van der Waals surface area contributed by atoms with Crippen LogP contribution in [0, 0.1) is 0 Å². The van der Waals surface area contributed by atoms with Crippen LogP contribution in [-0.4, -0.2) is 70.8 Å². The lowest BCUT2D eigenvalue weighted by Crippen LogP contribution is -2.47. The minimum absolute atomic E-state index is 0.00297. The standard InChI is InChI=1S/C51H66N6O8Si/c1-50(2,3)64-48(61)55-35-20-22-38(23-21-35)57(49(62)63)42-29-33(17-24-39(42)34-14-10-9-11-15-34)13-12-16-45(59)54-37-19-18-36(53-31-37)30-52-32-44(65-66(7,8)51(4,5)6)40-25-27-43(58)47-41(40)26-28-46(60)56-47/h9-11,14-15,17-19,24-29,31,35,38,44,52,58H,12-13,16,20-23,30,32H2,1-8H3,(H,54,59)(H,55,61)(H,56,60)(H,62,63)/t35?,38?,44-/m1/s1. The van der Waals surface area contributed by atoms with Gasteiger partial charge in [-0.25, -0.2) is 9.59 Å². The summed E-state index contributed by atoms with van der Waals surface area (Å²) in [5.74, 6) is -0.155. The van der Waals surface area contributed by atoms with Gasteiger partial charge < -0.3 is 40.3 Å². The monoisotopic (exact) mass is 918 g/mol. The molecule has 3 aromatic carbocycles. The molecule has 14 nitrogen and oxygen atoms in total. The lowest BCUT2D eigenvalue weighted by molar-refractivity contribution is -0.116. The number of hydrogen-bond donors (Lipinski definition) is 6. The van der Waals surface area contributed by atoms with Crippen LogP contribution in [0.4, 0.5) is 21.0 Å². The molecule has 2 aromatic heterocycles. The summed E-state index contributed by atoms with van der Waals surface area (Å²) in [6.07, 6.45) is 3.53. The van der Waals surface area contributed by atoms with Crippen molar-refractivity contribution in [3.05, 3.63) is 118 Å². The summed E-state index contributed by atoms with van der Waals surface area (Å²) in [5.41, 5.74) is 4.92. The van der Waals surface area contributed by atoms with Gasteiger partial charge in [-0.15, -0.1) is 0 Å². The van der Waals surface area contributed by atoms with Crippen molar-refractivity contribution >= 4 is 48.7 Å². The summed E-state index contributed by atoms with van der Waals surface area (Å²) >= 11 is 0. The number of carboxylic acid groups (broad SMARTS) is 1. The molecule has 1 atom stereocenters. The van der Waals surface area contributed by atoms with E-state index in [0.29, 0.717) is 68.5 Å². The Labute approximate surface area is 388 Å². The molecule has 0 bridgehead atoms. The van der Waals surface area contributed by atoms with E-state index in [2.05, 4.69) is 59.8 Å². The zero-order valence-electron chi connectivity index (χ0n) is 39.5. The summed E-state index contributed by atoms with van der Waals surface area (Å²) in [6, 6.07) is 25.5. The molecule has 66 heavy (non-hydrogen) atoms. The quantitative estimate of drug-likeness (QED) is 0.0519. The molecule has 6 N–H and O–H groups in total. The molecule has 6 rings (SSSR count). The molecule has 15 heteroatoms. The van der Waals surface area contributed by atoms with Crippen molar-refractivity contribution in [1.82, 2.24) is 20.6 Å². The Balaban J connectivity index is 1.06. The fourth-order valence-corrected chi connectivity index (χ4v) is 9.38. The van der Waals surface area contributed by atoms with Crippen molar-refractivity contribution in [3.63, 3.8) is 0 Å². The number of benzene rings is 3. The number of ether oxygens (including phenoxy) is 1. The number of H-pyrrole nitrogens is 1. The maximum absolute atomic E-state index is 13.1. The first-order chi connectivity index (χ1) is 31.2. The number of nitrogens with one attached hydrogen (secondary N) is 4. The highest BCUT2D eigenvalue weighted by molar-refractivity contribution is 6.74. The van der Waals surface area contributed by atoms with Crippen LogP contribution in [-0.2, 0) is 26.9 Å². The molecule has 0 aliphatic heterocycles. The number of amides is 3. The third-order valence-corrected chi connectivity index (χ3v) is 17.0. The minimum atomic E-state index is -2.25. The van der Waals surface area contributed by atoms with E-state index >= 15 is 0 Å². The highest BCUT2D eigenvalue weighted by Crippen LogP contribution is 2.41. The molecule has 3 amide bonds. The number of hydrogen-bond acceptors (Lipinski definition) is 9. The Hall–Kier alpha value is -6.03. The van der Waals surface area contributed by atoms with Gasteiger partial charge in [-0.3, -0.25) is 19.5 Å². The van der Waals surface area contributed by atoms with Crippen LogP contribution in [0.15, 0.2) is 95.9 Å². The number of aryl methyl sites for hydroxylation is 1. The van der Waals surface area contributed by atoms with E-state index in [0.717, 1.165) is 33.3 Å². The number of nitrogens with zero attached hydrogens (tertiary/aromatic N) is 2. The fourth-order valence-electron chi connectivity index (χ4n) is 8.10. The number of aromatic amines is 1. The Kier molecular flexibility index (Phi) is 15.8. The smallest absolute Gasteiger partial charge is 0.412 e. The Morgan fingerprint density at radius 3 is 2.30 bits per heavy atom. The largest absolute Gasteiger partial charge is 0.506 e. The van der Waals surface area contributed by atoms with E-state index in [-0.39, 0.29) is 46.9 Å². The van der Waals surface area contributed by atoms with E-state index in [1.54, 1.807) is 18.3 Å². The first-order valence-corrected chi connectivity index (χ1v) is 25.8. The van der Waals surface area contributed by atoms with Gasteiger partial charge in [0.2, 0.25) is 11.5 Å². The normalized spacial score (nSPS) is 16.1. The second kappa shape index (κ2) is 21.1. The van der Waals surface area contributed by atoms with Gasteiger partial charge in [-0.05, 0) is 124 Å². The molecule has 1 saturated carbocycles. The highest BCUT2D eigenvalue weighted by atomic mass is 28.4. The molecule has 0 radical (unpaired) electrons. The number of phenolic OH excluding ortho intramolecular Hbond substituents is 1. The van der Waals surface area contributed by atoms with Crippen molar-refractivity contribution < 1.29 is 33.8 Å². The van der Waals surface area contributed by atoms with E-state index < -0.39 is 26.1 Å². The van der Waals surface area contributed by atoms with E-state index in [9.17, 15) is 29.4 Å². The first kappa shape index (κ1) is 49.4. The van der Waals surface area contributed by atoms with Crippen molar-refractivity contribution in [1.29, 1.82) is 0 Å².